The Kier molecular flexibility index (Phi) is 4.34. The lowest BCUT2D eigenvalue weighted by molar-refractivity contribution is -0.119. The Morgan fingerprint density at radius 3 is 2.74 bits per heavy atom. The van der Waals surface area contributed by atoms with Gasteiger partial charge < -0.3 is 10.2 Å². The van der Waals surface area contributed by atoms with E-state index in [-0.39, 0.29) is 17.7 Å². The number of halogens is 1. The minimum atomic E-state index is -0.254. The van der Waals surface area contributed by atoms with Gasteiger partial charge in [0.15, 0.2) is 5.82 Å². The topological polar surface area (TPSA) is 78.1 Å². The largest absolute Gasteiger partial charge is 0.338 e. The Balaban J connectivity index is 1.62. The van der Waals surface area contributed by atoms with Crippen LogP contribution in [0.5, 0.6) is 0 Å². The number of hydrogen-bond acceptors (Lipinski definition) is 3. The van der Waals surface area contributed by atoms with Crippen LogP contribution in [0, 0.1) is 12.8 Å². The van der Waals surface area contributed by atoms with Gasteiger partial charge in [-0.2, -0.15) is 5.10 Å². The van der Waals surface area contributed by atoms with Crippen molar-refractivity contribution in [3.8, 4) is 0 Å². The number of benzene rings is 1. The molecule has 2 heterocycles. The third kappa shape index (κ3) is 3.22. The van der Waals surface area contributed by atoms with Crippen LogP contribution in [-0.2, 0) is 4.79 Å². The van der Waals surface area contributed by atoms with Crippen molar-refractivity contribution in [1.29, 1.82) is 0 Å². The van der Waals surface area contributed by atoms with Crippen molar-refractivity contribution < 1.29 is 9.59 Å². The van der Waals surface area contributed by atoms with Crippen molar-refractivity contribution in [2.45, 2.75) is 13.3 Å². The molecule has 1 unspecified atom stereocenters. The van der Waals surface area contributed by atoms with E-state index in [0.29, 0.717) is 41.6 Å². The minimum absolute atomic E-state index is 0.0467. The standard InChI is InChI=1S/C16H17ClN4O2/c1-10-13(17)14(20-19-10)18-15(22)12-7-8-21(9-12)16(23)11-5-3-2-4-6-11/h2-6,12H,7-9H2,1H3,(H2,18,19,20,22). The van der Waals surface area contributed by atoms with Gasteiger partial charge in [-0.25, -0.2) is 0 Å². The number of aryl methyl sites for hydroxylation is 1. The molecule has 2 amide bonds. The third-order valence-electron chi connectivity index (χ3n) is 3.98. The molecular formula is C16H17ClN4O2. The highest BCUT2D eigenvalue weighted by Crippen LogP contribution is 2.25. The highest BCUT2D eigenvalue weighted by atomic mass is 35.5. The first-order chi connectivity index (χ1) is 11.1. The summed E-state index contributed by atoms with van der Waals surface area (Å²) >= 11 is 6.05. The fourth-order valence-corrected chi connectivity index (χ4v) is 2.77. The minimum Gasteiger partial charge on any atom is -0.338 e. The van der Waals surface area contributed by atoms with Crippen LogP contribution < -0.4 is 5.32 Å². The van der Waals surface area contributed by atoms with E-state index in [1.807, 2.05) is 18.2 Å². The molecule has 0 saturated carbocycles. The van der Waals surface area contributed by atoms with Gasteiger partial charge in [-0.15, -0.1) is 0 Å². The van der Waals surface area contributed by atoms with E-state index in [1.165, 1.54) is 0 Å². The molecule has 1 aliphatic heterocycles. The molecule has 1 atom stereocenters. The van der Waals surface area contributed by atoms with Gasteiger partial charge in [0.05, 0.1) is 11.6 Å². The zero-order valence-electron chi connectivity index (χ0n) is 12.7. The number of nitrogens with zero attached hydrogens (tertiary/aromatic N) is 2. The molecule has 1 fully saturated rings. The van der Waals surface area contributed by atoms with E-state index in [9.17, 15) is 9.59 Å². The van der Waals surface area contributed by atoms with Gasteiger partial charge in [-0.1, -0.05) is 29.8 Å². The summed E-state index contributed by atoms with van der Waals surface area (Å²) in [4.78, 5) is 26.4. The molecular weight excluding hydrogens is 316 g/mol. The van der Waals surface area contributed by atoms with Gasteiger partial charge in [0, 0.05) is 18.7 Å². The lowest BCUT2D eigenvalue weighted by atomic mass is 10.1. The molecule has 3 rings (SSSR count). The van der Waals surface area contributed by atoms with Crippen LogP contribution in [0.15, 0.2) is 30.3 Å². The van der Waals surface area contributed by atoms with Crippen LogP contribution in [0.3, 0.4) is 0 Å². The number of amides is 2. The van der Waals surface area contributed by atoms with Crippen molar-refractivity contribution in [3.05, 3.63) is 46.6 Å². The molecule has 0 aliphatic carbocycles. The summed E-state index contributed by atoms with van der Waals surface area (Å²) in [5.41, 5.74) is 1.34. The fourth-order valence-electron chi connectivity index (χ4n) is 2.64. The number of rotatable bonds is 3. The zero-order valence-corrected chi connectivity index (χ0v) is 13.4. The SMILES string of the molecule is Cc1[nH]nc(NC(=O)C2CCN(C(=O)c3ccccc3)C2)c1Cl. The second-order valence-corrected chi connectivity index (χ2v) is 5.98. The summed E-state index contributed by atoms with van der Waals surface area (Å²) in [5.74, 6) is -0.131. The van der Waals surface area contributed by atoms with Gasteiger partial charge >= 0.3 is 0 Å². The average Bonchev–Trinajstić information content (AvgIpc) is 3.18. The van der Waals surface area contributed by atoms with Gasteiger partial charge in [0.2, 0.25) is 5.91 Å². The van der Waals surface area contributed by atoms with Crippen molar-refractivity contribution in [1.82, 2.24) is 15.1 Å². The van der Waals surface area contributed by atoms with Gasteiger partial charge in [-0.3, -0.25) is 14.7 Å². The van der Waals surface area contributed by atoms with Crippen LogP contribution in [0.25, 0.3) is 0 Å². The van der Waals surface area contributed by atoms with Crippen LogP contribution in [0.2, 0.25) is 5.02 Å². The number of hydrogen-bond donors (Lipinski definition) is 2. The molecule has 1 aromatic heterocycles. The molecule has 0 radical (unpaired) electrons. The van der Waals surface area contributed by atoms with E-state index in [2.05, 4.69) is 15.5 Å². The second-order valence-electron chi connectivity index (χ2n) is 5.60. The monoisotopic (exact) mass is 332 g/mol. The molecule has 120 valence electrons. The molecule has 6 nitrogen and oxygen atoms in total. The maximum Gasteiger partial charge on any atom is 0.253 e. The van der Waals surface area contributed by atoms with Crippen LogP contribution in [0.1, 0.15) is 22.5 Å². The first-order valence-electron chi connectivity index (χ1n) is 7.42. The number of aromatic nitrogens is 2. The molecule has 1 aromatic carbocycles. The van der Waals surface area contributed by atoms with Crippen molar-refractivity contribution >= 4 is 29.2 Å². The summed E-state index contributed by atoms with van der Waals surface area (Å²) in [6.07, 6.45) is 0.630. The number of likely N-dealkylation sites (tertiary alicyclic amines) is 1. The quantitative estimate of drug-likeness (QED) is 0.906. The Hall–Kier alpha value is -2.34. The maximum absolute atomic E-state index is 12.4. The fraction of sp³-hybridized carbons (Fsp3) is 0.312. The lowest BCUT2D eigenvalue weighted by Gasteiger charge is -2.16. The zero-order chi connectivity index (χ0) is 16.4. The summed E-state index contributed by atoms with van der Waals surface area (Å²) in [7, 11) is 0. The number of anilines is 1. The molecule has 0 spiro atoms. The van der Waals surface area contributed by atoms with E-state index in [1.54, 1.807) is 24.0 Å². The Labute approximate surface area is 138 Å². The normalized spacial score (nSPS) is 17.3. The Morgan fingerprint density at radius 1 is 1.35 bits per heavy atom. The molecule has 1 aliphatic rings. The molecule has 1 saturated heterocycles. The molecule has 2 aromatic rings. The van der Waals surface area contributed by atoms with E-state index >= 15 is 0 Å². The molecule has 0 bridgehead atoms. The van der Waals surface area contributed by atoms with Gasteiger partial charge in [0.25, 0.3) is 5.91 Å². The third-order valence-corrected chi connectivity index (χ3v) is 4.44. The highest BCUT2D eigenvalue weighted by Gasteiger charge is 2.32. The van der Waals surface area contributed by atoms with Gasteiger partial charge in [0.1, 0.15) is 5.02 Å². The summed E-state index contributed by atoms with van der Waals surface area (Å²) in [5, 5.41) is 9.81. The lowest BCUT2D eigenvalue weighted by Crippen LogP contribution is -2.31. The summed E-state index contributed by atoms with van der Waals surface area (Å²) in [6, 6.07) is 9.08. The predicted octanol–water partition coefficient (Wildman–Crippen LogP) is 2.47. The first kappa shape index (κ1) is 15.6. The smallest absolute Gasteiger partial charge is 0.253 e. The Bertz CT molecular complexity index is 729. The molecule has 23 heavy (non-hydrogen) atoms. The molecule has 7 heteroatoms. The van der Waals surface area contributed by atoms with Gasteiger partial charge in [-0.05, 0) is 25.5 Å². The Morgan fingerprint density at radius 2 is 2.09 bits per heavy atom. The maximum atomic E-state index is 12.4. The summed E-state index contributed by atoms with van der Waals surface area (Å²) < 4.78 is 0. The predicted molar refractivity (Wildman–Crippen MR) is 87.4 cm³/mol. The van der Waals surface area contributed by atoms with Crippen molar-refractivity contribution in [3.63, 3.8) is 0 Å². The average molecular weight is 333 g/mol. The van der Waals surface area contributed by atoms with Crippen LogP contribution >= 0.6 is 11.6 Å². The second kappa shape index (κ2) is 6.42. The van der Waals surface area contributed by atoms with Crippen molar-refractivity contribution in [2.24, 2.45) is 5.92 Å². The van der Waals surface area contributed by atoms with E-state index in [0.717, 1.165) is 0 Å². The highest BCUT2D eigenvalue weighted by molar-refractivity contribution is 6.34. The van der Waals surface area contributed by atoms with Crippen LogP contribution in [0.4, 0.5) is 5.82 Å². The summed E-state index contributed by atoms with van der Waals surface area (Å²) in [6.45, 7) is 2.75. The number of carbonyl (C=O) groups is 2. The first-order valence-corrected chi connectivity index (χ1v) is 7.79. The van der Waals surface area contributed by atoms with Crippen LogP contribution in [-0.4, -0.2) is 40.0 Å². The number of H-pyrrole nitrogens is 1. The number of carbonyl (C=O) groups excluding carboxylic acids is 2. The van der Waals surface area contributed by atoms with Crippen molar-refractivity contribution in [2.75, 3.05) is 18.4 Å². The number of nitrogens with one attached hydrogen (secondary N) is 2. The van der Waals surface area contributed by atoms with E-state index in [4.69, 9.17) is 11.6 Å². The molecule has 2 N–H and O–H groups in total. The van der Waals surface area contributed by atoms with E-state index < -0.39 is 0 Å². The number of aromatic amines is 1.